The number of nitrogens with zero attached hydrogens (tertiary/aromatic N) is 2. The van der Waals surface area contributed by atoms with Crippen molar-refractivity contribution in [3.8, 4) is 5.75 Å². The Hall–Kier alpha value is -2.67. The molecule has 6 nitrogen and oxygen atoms in total. The van der Waals surface area contributed by atoms with Crippen LogP contribution in [0, 0.1) is 19.8 Å². The summed E-state index contributed by atoms with van der Waals surface area (Å²) < 4.78 is 7.46. The van der Waals surface area contributed by atoms with Crippen molar-refractivity contribution in [1.29, 1.82) is 0 Å². The maximum Gasteiger partial charge on any atom is 0.259 e. The van der Waals surface area contributed by atoms with Crippen molar-refractivity contribution in [3.05, 3.63) is 57.0 Å². The molecule has 0 aliphatic carbocycles. The average Bonchev–Trinajstić information content (AvgIpc) is 2.95. The van der Waals surface area contributed by atoms with E-state index in [9.17, 15) is 9.59 Å². The largest absolute Gasteiger partial charge is 0.485 e. The first-order chi connectivity index (χ1) is 12.8. The summed E-state index contributed by atoms with van der Waals surface area (Å²) in [4.78, 5) is 29.5. The lowest BCUT2D eigenvalue weighted by atomic mass is 10.1. The van der Waals surface area contributed by atoms with Gasteiger partial charge in [-0.3, -0.25) is 14.0 Å². The Labute approximate surface area is 161 Å². The SMILES string of the molecule is Cc1ccc(OCc2cc(=O)n3c(C)csc3n2)c(NC(=O)CC(C)C)c1. The fourth-order valence-electron chi connectivity index (χ4n) is 2.77. The molecule has 0 radical (unpaired) electrons. The number of carbonyl (C=O) groups excluding carboxylic acids is 1. The second kappa shape index (κ2) is 7.92. The van der Waals surface area contributed by atoms with Gasteiger partial charge in [-0.15, -0.1) is 11.3 Å². The number of thiazole rings is 1. The predicted octanol–water partition coefficient (Wildman–Crippen LogP) is 3.94. The zero-order valence-electron chi connectivity index (χ0n) is 15.9. The van der Waals surface area contributed by atoms with E-state index in [-0.39, 0.29) is 24.0 Å². The van der Waals surface area contributed by atoms with Crippen LogP contribution in [0.4, 0.5) is 5.69 Å². The molecule has 0 fully saturated rings. The molecule has 1 amide bonds. The molecule has 2 aromatic heterocycles. The van der Waals surface area contributed by atoms with Gasteiger partial charge in [-0.2, -0.15) is 0 Å². The van der Waals surface area contributed by atoms with E-state index in [0.717, 1.165) is 11.3 Å². The van der Waals surface area contributed by atoms with E-state index >= 15 is 0 Å². The zero-order chi connectivity index (χ0) is 19.6. The Balaban J connectivity index is 1.80. The molecule has 3 rings (SSSR count). The molecular weight excluding hydrogens is 362 g/mol. The number of aromatic nitrogens is 2. The summed E-state index contributed by atoms with van der Waals surface area (Å²) in [6, 6.07) is 7.10. The smallest absolute Gasteiger partial charge is 0.259 e. The number of benzene rings is 1. The van der Waals surface area contributed by atoms with Crippen LogP contribution in [0.25, 0.3) is 4.96 Å². The van der Waals surface area contributed by atoms with Crippen molar-refractivity contribution in [2.24, 2.45) is 5.92 Å². The molecule has 2 heterocycles. The standard InChI is InChI=1S/C20H23N3O3S/c1-12(2)7-18(24)22-16-8-13(3)5-6-17(16)26-10-15-9-19(25)23-14(4)11-27-20(23)21-15/h5-6,8-9,11-12H,7,10H2,1-4H3,(H,22,24). The van der Waals surface area contributed by atoms with Crippen LogP contribution in [0.1, 0.15) is 37.2 Å². The fourth-order valence-corrected chi connectivity index (χ4v) is 3.66. The van der Waals surface area contributed by atoms with E-state index in [1.165, 1.54) is 17.4 Å². The van der Waals surface area contributed by atoms with Crippen LogP contribution in [0.15, 0.2) is 34.4 Å². The molecule has 0 saturated heterocycles. The zero-order valence-corrected chi connectivity index (χ0v) is 16.7. The minimum absolute atomic E-state index is 0.0488. The van der Waals surface area contributed by atoms with Crippen molar-refractivity contribution < 1.29 is 9.53 Å². The summed E-state index contributed by atoms with van der Waals surface area (Å²) in [5.41, 5.74) is 2.96. The predicted molar refractivity (Wildman–Crippen MR) is 108 cm³/mol. The van der Waals surface area contributed by atoms with Crippen LogP contribution in [-0.2, 0) is 11.4 Å². The molecule has 0 aliphatic heterocycles. The van der Waals surface area contributed by atoms with Crippen molar-refractivity contribution in [2.45, 2.75) is 40.7 Å². The number of hydrogen-bond donors (Lipinski definition) is 1. The molecule has 1 aromatic carbocycles. The lowest BCUT2D eigenvalue weighted by Gasteiger charge is -2.14. The highest BCUT2D eigenvalue weighted by atomic mass is 32.1. The molecule has 0 spiro atoms. The summed E-state index contributed by atoms with van der Waals surface area (Å²) in [7, 11) is 0. The van der Waals surface area contributed by atoms with Gasteiger partial charge >= 0.3 is 0 Å². The molecule has 142 valence electrons. The van der Waals surface area contributed by atoms with Crippen molar-refractivity contribution in [1.82, 2.24) is 9.38 Å². The molecule has 0 atom stereocenters. The van der Waals surface area contributed by atoms with E-state index in [1.807, 2.05) is 51.3 Å². The summed E-state index contributed by atoms with van der Waals surface area (Å²) in [5, 5.41) is 4.81. The Morgan fingerprint density at radius 1 is 1.30 bits per heavy atom. The molecule has 1 N–H and O–H groups in total. The van der Waals surface area contributed by atoms with Gasteiger partial charge in [0.25, 0.3) is 5.56 Å². The van der Waals surface area contributed by atoms with Gasteiger partial charge in [-0.25, -0.2) is 4.98 Å². The second-order valence-electron chi connectivity index (χ2n) is 7.02. The van der Waals surface area contributed by atoms with Gasteiger partial charge < -0.3 is 10.1 Å². The fraction of sp³-hybridized carbons (Fsp3) is 0.350. The summed E-state index contributed by atoms with van der Waals surface area (Å²) in [6.45, 7) is 7.98. The third-order valence-corrected chi connectivity index (χ3v) is 4.95. The van der Waals surface area contributed by atoms with Crippen molar-refractivity contribution in [3.63, 3.8) is 0 Å². The average molecular weight is 385 g/mol. The van der Waals surface area contributed by atoms with Crippen molar-refractivity contribution in [2.75, 3.05) is 5.32 Å². The molecular formula is C20H23N3O3S. The summed E-state index contributed by atoms with van der Waals surface area (Å²) in [6.07, 6.45) is 0.445. The van der Waals surface area contributed by atoms with Gasteiger partial charge in [0.05, 0.1) is 11.4 Å². The quantitative estimate of drug-likeness (QED) is 0.698. The number of amides is 1. The Morgan fingerprint density at radius 3 is 2.81 bits per heavy atom. The number of ether oxygens (including phenoxy) is 1. The normalized spacial score (nSPS) is 11.1. The third-order valence-electron chi connectivity index (χ3n) is 4.01. The molecule has 3 aromatic rings. The van der Waals surface area contributed by atoms with Gasteiger partial charge in [0.1, 0.15) is 12.4 Å². The van der Waals surface area contributed by atoms with Crippen LogP contribution in [0.2, 0.25) is 0 Å². The van der Waals surface area contributed by atoms with Crippen LogP contribution in [0.3, 0.4) is 0 Å². The van der Waals surface area contributed by atoms with Gasteiger partial charge in [0.15, 0.2) is 4.96 Å². The first-order valence-electron chi connectivity index (χ1n) is 8.83. The Morgan fingerprint density at radius 2 is 2.07 bits per heavy atom. The highest BCUT2D eigenvalue weighted by molar-refractivity contribution is 7.15. The Bertz CT molecular complexity index is 1040. The molecule has 0 aliphatic rings. The van der Waals surface area contributed by atoms with E-state index in [0.29, 0.717) is 28.5 Å². The lowest BCUT2D eigenvalue weighted by molar-refractivity contribution is -0.116. The van der Waals surface area contributed by atoms with Gasteiger partial charge in [0.2, 0.25) is 5.91 Å². The summed E-state index contributed by atoms with van der Waals surface area (Å²) in [5.74, 6) is 0.784. The van der Waals surface area contributed by atoms with Gasteiger partial charge in [0, 0.05) is 23.6 Å². The number of anilines is 1. The molecule has 0 saturated carbocycles. The Kier molecular flexibility index (Phi) is 5.60. The number of hydrogen-bond acceptors (Lipinski definition) is 5. The maximum absolute atomic E-state index is 12.3. The molecule has 0 unspecified atom stereocenters. The van der Waals surface area contributed by atoms with E-state index < -0.39 is 0 Å². The van der Waals surface area contributed by atoms with Crippen LogP contribution in [0.5, 0.6) is 5.75 Å². The number of aryl methyl sites for hydroxylation is 2. The second-order valence-corrected chi connectivity index (χ2v) is 7.85. The minimum atomic E-state index is -0.119. The van der Waals surface area contributed by atoms with E-state index in [1.54, 1.807) is 4.40 Å². The highest BCUT2D eigenvalue weighted by Gasteiger charge is 2.12. The summed E-state index contributed by atoms with van der Waals surface area (Å²) >= 11 is 1.42. The molecule has 0 bridgehead atoms. The van der Waals surface area contributed by atoms with Crippen LogP contribution in [-0.4, -0.2) is 15.3 Å². The topological polar surface area (TPSA) is 72.7 Å². The highest BCUT2D eigenvalue weighted by Crippen LogP contribution is 2.27. The number of nitrogens with one attached hydrogen (secondary N) is 1. The lowest BCUT2D eigenvalue weighted by Crippen LogP contribution is -2.17. The monoisotopic (exact) mass is 385 g/mol. The number of rotatable bonds is 6. The van der Waals surface area contributed by atoms with Crippen LogP contribution >= 0.6 is 11.3 Å². The number of carbonyl (C=O) groups is 1. The number of fused-ring (bicyclic) bond motifs is 1. The minimum Gasteiger partial charge on any atom is -0.485 e. The van der Waals surface area contributed by atoms with Gasteiger partial charge in [-0.1, -0.05) is 19.9 Å². The third kappa shape index (κ3) is 4.54. The first kappa shape index (κ1) is 19.1. The maximum atomic E-state index is 12.3. The molecule has 7 heteroatoms. The first-order valence-corrected chi connectivity index (χ1v) is 9.71. The molecule has 27 heavy (non-hydrogen) atoms. The van der Waals surface area contributed by atoms with Gasteiger partial charge in [-0.05, 0) is 37.5 Å². The van der Waals surface area contributed by atoms with E-state index in [4.69, 9.17) is 4.74 Å². The van der Waals surface area contributed by atoms with Crippen LogP contribution < -0.4 is 15.6 Å². The van der Waals surface area contributed by atoms with E-state index in [2.05, 4.69) is 10.3 Å². The van der Waals surface area contributed by atoms with Crippen molar-refractivity contribution >= 4 is 27.9 Å².